The standard InChI is InChI=1S/C14H23NO/c1-8-9(2)14-5-4-11(7-14)6-12(14)13(8)10(3)15-16/h8-9,11-13,16H,4-7H2,1-3H3/b15-10-/t8?,9?,11-,12?,13?,14-/m1/s1. The van der Waals surface area contributed by atoms with Crippen molar-refractivity contribution in [3.8, 4) is 0 Å². The van der Waals surface area contributed by atoms with Crippen LogP contribution in [0.3, 0.4) is 0 Å². The highest BCUT2D eigenvalue weighted by molar-refractivity contribution is 5.85. The van der Waals surface area contributed by atoms with Crippen molar-refractivity contribution < 1.29 is 5.21 Å². The summed E-state index contributed by atoms with van der Waals surface area (Å²) in [5, 5.41) is 12.6. The first-order chi connectivity index (χ1) is 7.60. The van der Waals surface area contributed by atoms with Crippen LogP contribution in [0.25, 0.3) is 0 Å². The Balaban J connectivity index is 1.99. The minimum absolute atomic E-state index is 0.547. The summed E-state index contributed by atoms with van der Waals surface area (Å²) in [7, 11) is 0. The largest absolute Gasteiger partial charge is 0.411 e. The first-order valence-corrected chi connectivity index (χ1v) is 6.78. The van der Waals surface area contributed by atoms with Crippen molar-refractivity contribution >= 4 is 5.71 Å². The van der Waals surface area contributed by atoms with E-state index in [-0.39, 0.29) is 0 Å². The maximum Gasteiger partial charge on any atom is 0.0576 e. The fraction of sp³-hybridized carbons (Fsp3) is 0.929. The molecule has 3 saturated carbocycles. The van der Waals surface area contributed by atoms with Crippen LogP contribution in [-0.2, 0) is 0 Å². The van der Waals surface area contributed by atoms with Gasteiger partial charge >= 0.3 is 0 Å². The number of oxime groups is 1. The molecule has 1 N–H and O–H groups in total. The summed E-state index contributed by atoms with van der Waals surface area (Å²) in [5.41, 5.74) is 1.59. The lowest BCUT2D eigenvalue weighted by atomic mass is 9.71. The van der Waals surface area contributed by atoms with Gasteiger partial charge in [-0.25, -0.2) is 0 Å². The molecule has 0 aromatic heterocycles. The fourth-order valence-electron chi connectivity index (χ4n) is 5.54. The SMILES string of the molecule is C/C(=N/O)C1C(C)C(C)[C@]23CC[C@H](CC12)C3. The zero-order chi connectivity index (χ0) is 11.5. The van der Waals surface area contributed by atoms with Gasteiger partial charge in [0.1, 0.15) is 0 Å². The summed E-state index contributed by atoms with van der Waals surface area (Å²) in [4.78, 5) is 0. The smallest absolute Gasteiger partial charge is 0.0576 e. The van der Waals surface area contributed by atoms with E-state index < -0.39 is 0 Å². The second-order valence-corrected chi connectivity index (χ2v) is 6.60. The fourth-order valence-corrected chi connectivity index (χ4v) is 5.54. The van der Waals surface area contributed by atoms with Crippen molar-refractivity contribution in [1.82, 2.24) is 0 Å². The first-order valence-electron chi connectivity index (χ1n) is 6.78. The van der Waals surface area contributed by atoms with Gasteiger partial charge in [0.05, 0.1) is 5.71 Å². The van der Waals surface area contributed by atoms with E-state index in [0.29, 0.717) is 17.3 Å². The van der Waals surface area contributed by atoms with Gasteiger partial charge in [0.15, 0.2) is 0 Å². The van der Waals surface area contributed by atoms with Gasteiger partial charge in [-0.1, -0.05) is 19.0 Å². The summed E-state index contributed by atoms with van der Waals surface area (Å²) in [6, 6.07) is 0. The predicted octanol–water partition coefficient (Wildman–Crippen LogP) is 3.54. The lowest BCUT2D eigenvalue weighted by Crippen LogP contribution is -2.28. The molecule has 0 amide bonds. The van der Waals surface area contributed by atoms with E-state index >= 15 is 0 Å². The van der Waals surface area contributed by atoms with E-state index in [1.54, 1.807) is 0 Å². The van der Waals surface area contributed by atoms with Crippen LogP contribution < -0.4 is 0 Å². The van der Waals surface area contributed by atoms with Crippen LogP contribution >= 0.6 is 0 Å². The van der Waals surface area contributed by atoms with Crippen LogP contribution in [-0.4, -0.2) is 10.9 Å². The number of hydrogen-bond donors (Lipinski definition) is 1. The zero-order valence-corrected chi connectivity index (χ0v) is 10.6. The first kappa shape index (κ1) is 10.6. The number of hydrogen-bond acceptors (Lipinski definition) is 2. The molecule has 3 rings (SSSR count). The maximum absolute atomic E-state index is 9.08. The molecule has 3 aliphatic rings. The van der Waals surface area contributed by atoms with Crippen LogP contribution in [0.5, 0.6) is 0 Å². The van der Waals surface area contributed by atoms with Gasteiger partial charge in [-0.05, 0) is 61.7 Å². The number of fused-ring (bicyclic) bond motifs is 1. The van der Waals surface area contributed by atoms with E-state index in [1.165, 1.54) is 25.7 Å². The van der Waals surface area contributed by atoms with Crippen LogP contribution in [0, 0.1) is 35.0 Å². The Morgan fingerprint density at radius 3 is 2.75 bits per heavy atom. The Morgan fingerprint density at radius 1 is 1.38 bits per heavy atom. The minimum Gasteiger partial charge on any atom is -0.411 e. The maximum atomic E-state index is 9.08. The second-order valence-electron chi connectivity index (χ2n) is 6.60. The van der Waals surface area contributed by atoms with Gasteiger partial charge in [-0.15, -0.1) is 0 Å². The van der Waals surface area contributed by atoms with Crippen molar-refractivity contribution in [2.75, 3.05) is 0 Å². The molecule has 0 radical (unpaired) electrons. The molecule has 1 spiro atoms. The summed E-state index contributed by atoms with van der Waals surface area (Å²) >= 11 is 0. The molecule has 6 atom stereocenters. The molecule has 3 aliphatic carbocycles. The Bertz CT molecular complexity index is 338. The van der Waals surface area contributed by atoms with Gasteiger partial charge in [0, 0.05) is 5.92 Å². The van der Waals surface area contributed by atoms with Gasteiger partial charge < -0.3 is 5.21 Å². The lowest BCUT2D eigenvalue weighted by molar-refractivity contribution is 0.156. The molecule has 2 bridgehead atoms. The highest BCUT2D eigenvalue weighted by atomic mass is 16.4. The quantitative estimate of drug-likeness (QED) is 0.410. The molecule has 0 aromatic carbocycles. The lowest BCUT2D eigenvalue weighted by Gasteiger charge is -2.34. The van der Waals surface area contributed by atoms with Crippen LogP contribution in [0.1, 0.15) is 46.5 Å². The molecule has 0 aliphatic heterocycles. The zero-order valence-electron chi connectivity index (χ0n) is 10.6. The van der Waals surface area contributed by atoms with Gasteiger partial charge in [0.2, 0.25) is 0 Å². The van der Waals surface area contributed by atoms with E-state index in [2.05, 4.69) is 19.0 Å². The summed E-state index contributed by atoms with van der Waals surface area (Å²) in [6.07, 6.45) is 5.74. The number of rotatable bonds is 1. The van der Waals surface area contributed by atoms with E-state index in [1.807, 2.05) is 6.92 Å². The van der Waals surface area contributed by atoms with Crippen molar-refractivity contribution in [3.05, 3.63) is 0 Å². The highest BCUT2D eigenvalue weighted by Crippen LogP contribution is 2.70. The van der Waals surface area contributed by atoms with E-state index in [4.69, 9.17) is 5.21 Å². The average molecular weight is 221 g/mol. The third-order valence-corrected chi connectivity index (χ3v) is 6.35. The van der Waals surface area contributed by atoms with E-state index in [0.717, 1.165) is 23.5 Å². The molecule has 0 saturated heterocycles. The summed E-state index contributed by atoms with van der Waals surface area (Å²) in [5.74, 6) is 3.85. The Labute approximate surface area is 98.1 Å². The Hall–Kier alpha value is -0.530. The molecular formula is C14H23NO. The molecule has 2 heteroatoms. The Kier molecular flexibility index (Phi) is 2.15. The van der Waals surface area contributed by atoms with Crippen LogP contribution in [0.4, 0.5) is 0 Å². The van der Waals surface area contributed by atoms with Crippen LogP contribution in [0.15, 0.2) is 5.16 Å². The van der Waals surface area contributed by atoms with Gasteiger partial charge in [0.25, 0.3) is 0 Å². The monoisotopic (exact) mass is 221 g/mol. The second kappa shape index (κ2) is 3.24. The summed E-state index contributed by atoms with van der Waals surface area (Å²) in [6.45, 7) is 6.82. The molecule has 0 aromatic rings. The third kappa shape index (κ3) is 1.06. The van der Waals surface area contributed by atoms with Crippen molar-refractivity contribution in [2.24, 2.45) is 40.2 Å². The number of nitrogens with zero attached hydrogens (tertiary/aromatic N) is 1. The van der Waals surface area contributed by atoms with Gasteiger partial charge in [-0.3, -0.25) is 0 Å². The van der Waals surface area contributed by atoms with Crippen molar-refractivity contribution in [3.63, 3.8) is 0 Å². The van der Waals surface area contributed by atoms with E-state index in [9.17, 15) is 0 Å². The Morgan fingerprint density at radius 2 is 2.12 bits per heavy atom. The van der Waals surface area contributed by atoms with Crippen molar-refractivity contribution in [2.45, 2.75) is 46.5 Å². The average Bonchev–Trinajstić information content (AvgIpc) is 2.91. The molecule has 16 heavy (non-hydrogen) atoms. The van der Waals surface area contributed by atoms with Gasteiger partial charge in [-0.2, -0.15) is 0 Å². The third-order valence-electron chi connectivity index (χ3n) is 6.35. The summed E-state index contributed by atoms with van der Waals surface area (Å²) < 4.78 is 0. The molecule has 3 fully saturated rings. The highest BCUT2D eigenvalue weighted by Gasteiger charge is 2.63. The molecule has 4 unspecified atom stereocenters. The predicted molar refractivity (Wildman–Crippen MR) is 64.6 cm³/mol. The minimum atomic E-state index is 0.547. The van der Waals surface area contributed by atoms with Crippen LogP contribution in [0.2, 0.25) is 0 Å². The molecule has 90 valence electrons. The topological polar surface area (TPSA) is 32.6 Å². The van der Waals surface area contributed by atoms with Crippen molar-refractivity contribution in [1.29, 1.82) is 0 Å². The molecule has 2 nitrogen and oxygen atoms in total. The molecule has 0 heterocycles. The molecular weight excluding hydrogens is 198 g/mol. The normalized spacial score (nSPS) is 55.7.